The van der Waals surface area contributed by atoms with Crippen molar-refractivity contribution < 1.29 is 0 Å². The van der Waals surface area contributed by atoms with Crippen molar-refractivity contribution in [1.82, 2.24) is 9.13 Å². The summed E-state index contributed by atoms with van der Waals surface area (Å²) in [7, 11) is 0. The fourth-order valence-corrected chi connectivity index (χ4v) is 13.8. The molecule has 4 saturated carbocycles. The smallest absolute Gasteiger partial charge is 0.0548 e. The second-order valence-electron chi connectivity index (χ2n) is 20.4. The Hall–Kier alpha value is -7.10. The predicted octanol–water partition coefficient (Wildman–Crippen LogP) is 17.1. The van der Waals surface area contributed by atoms with Crippen LogP contribution in [0.2, 0.25) is 0 Å². The van der Waals surface area contributed by atoms with Crippen molar-refractivity contribution in [2.45, 2.75) is 75.5 Å². The highest BCUT2D eigenvalue weighted by Crippen LogP contribution is 2.66. The largest absolute Gasteiger partial charge is 0.310 e. The number of hydrogen-bond acceptors (Lipinski definition) is 1. The lowest BCUT2D eigenvalue weighted by Crippen LogP contribution is -2.55. The van der Waals surface area contributed by atoms with Gasteiger partial charge in [-0.2, -0.15) is 0 Å². The number of anilines is 3. The maximum absolute atomic E-state index is 4.04. The minimum Gasteiger partial charge on any atom is -0.310 e. The Balaban J connectivity index is 0.970. The first-order chi connectivity index (χ1) is 33.0. The number of fused-ring (bicyclic) bond motifs is 6. The van der Waals surface area contributed by atoms with Gasteiger partial charge in [0.1, 0.15) is 0 Å². The van der Waals surface area contributed by atoms with Gasteiger partial charge in [-0.05, 0) is 181 Å². The number of aryl methyl sites for hydroxylation is 1. The highest BCUT2D eigenvalue weighted by atomic mass is 15.1. The van der Waals surface area contributed by atoms with Gasteiger partial charge >= 0.3 is 0 Å². The first-order valence-corrected chi connectivity index (χ1v) is 24.8. The lowest BCUT2D eigenvalue weighted by molar-refractivity contribution is -0.0281. The molecule has 3 nitrogen and oxygen atoms in total. The highest BCUT2D eigenvalue weighted by Gasteiger charge is 2.58. The fraction of sp³-hybridized carbons (Fsp3) is 0.219. The minimum absolute atomic E-state index is 0.219. The van der Waals surface area contributed by atoms with Crippen molar-refractivity contribution in [3.05, 3.63) is 217 Å². The summed E-state index contributed by atoms with van der Waals surface area (Å²) in [6.45, 7) is 6.32. The van der Waals surface area contributed by atoms with Crippen LogP contribution in [0, 0.1) is 11.8 Å². The fourth-order valence-electron chi connectivity index (χ4n) is 13.8. The molecule has 0 aliphatic heterocycles. The zero-order valence-electron chi connectivity index (χ0n) is 38.5. The van der Waals surface area contributed by atoms with Crippen molar-refractivity contribution in [1.29, 1.82) is 0 Å². The van der Waals surface area contributed by atoms with Gasteiger partial charge in [-0.15, -0.1) is 0 Å². The van der Waals surface area contributed by atoms with Crippen LogP contribution in [-0.2, 0) is 17.3 Å². The molecule has 4 fully saturated rings. The number of para-hydroxylation sites is 3. The van der Waals surface area contributed by atoms with Crippen molar-refractivity contribution in [3.8, 4) is 11.4 Å². The van der Waals surface area contributed by atoms with E-state index in [9.17, 15) is 0 Å². The van der Waals surface area contributed by atoms with Crippen LogP contribution in [0.25, 0.3) is 61.1 Å². The maximum atomic E-state index is 4.04. The second-order valence-corrected chi connectivity index (χ2v) is 20.4. The average Bonchev–Trinajstić information content (AvgIpc) is 3.87. The summed E-state index contributed by atoms with van der Waals surface area (Å²) >= 11 is 0. The highest BCUT2D eigenvalue weighted by molar-refractivity contribution is 6.19. The number of benzene rings is 8. The normalized spacial score (nSPS) is 20.9. The van der Waals surface area contributed by atoms with E-state index in [2.05, 4.69) is 216 Å². The molecule has 4 aliphatic carbocycles. The van der Waals surface area contributed by atoms with Crippen molar-refractivity contribution in [2.75, 3.05) is 4.90 Å². The Morgan fingerprint density at radius 3 is 1.58 bits per heavy atom. The zero-order valence-corrected chi connectivity index (χ0v) is 38.5. The minimum atomic E-state index is 0.219. The van der Waals surface area contributed by atoms with E-state index in [0.717, 1.165) is 29.6 Å². The van der Waals surface area contributed by atoms with E-state index in [4.69, 9.17) is 0 Å². The second kappa shape index (κ2) is 15.8. The molecule has 67 heavy (non-hydrogen) atoms. The number of rotatable bonds is 11. The van der Waals surface area contributed by atoms with Crippen LogP contribution in [0.4, 0.5) is 17.1 Å². The number of unbranched alkanes of at least 4 members (excludes halogenated alkanes) is 1. The molecule has 328 valence electrons. The lowest BCUT2D eigenvalue weighted by atomic mass is 9.42. The predicted molar refractivity (Wildman–Crippen MR) is 283 cm³/mol. The number of aromatic nitrogens is 2. The van der Waals surface area contributed by atoms with Gasteiger partial charge in [0.15, 0.2) is 0 Å². The summed E-state index contributed by atoms with van der Waals surface area (Å²) in [4.78, 5) is 2.50. The van der Waals surface area contributed by atoms with E-state index < -0.39 is 0 Å². The van der Waals surface area contributed by atoms with Gasteiger partial charge in [0, 0.05) is 50.0 Å². The third-order valence-corrected chi connectivity index (χ3v) is 16.4. The zero-order chi connectivity index (χ0) is 44.7. The molecular formula is C64H57N3. The quantitative estimate of drug-likeness (QED) is 0.126. The third kappa shape index (κ3) is 6.53. The van der Waals surface area contributed by atoms with Gasteiger partial charge in [-0.1, -0.05) is 129 Å². The van der Waals surface area contributed by atoms with E-state index in [1.54, 1.807) is 5.56 Å². The van der Waals surface area contributed by atoms with Gasteiger partial charge < -0.3 is 14.0 Å². The van der Waals surface area contributed by atoms with Crippen LogP contribution in [-0.4, -0.2) is 9.13 Å². The maximum Gasteiger partial charge on any atom is 0.0548 e. The molecule has 2 heterocycles. The SMILES string of the molecule is C=Cc1ccc(C23CC4CC(C2)CC(c2ccc(N(c5ccc(CCCC)cc5)c5ccc6c(c5)c5cc7c(cc5n6-c5ccccc5)c5ccccc5n7-c5ccccc5)cc2)(C4)C3)cc1. The lowest BCUT2D eigenvalue weighted by Gasteiger charge is -2.63. The molecule has 4 aliphatic rings. The molecule has 2 unspecified atom stereocenters. The van der Waals surface area contributed by atoms with Crippen molar-refractivity contribution in [3.63, 3.8) is 0 Å². The summed E-state index contributed by atoms with van der Waals surface area (Å²) < 4.78 is 4.91. The Bertz CT molecular complexity index is 3450. The molecule has 10 aromatic rings. The average molecular weight is 868 g/mol. The molecular weight excluding hydrogens is 811 g/mol. The standard InChI is InChI=1S/C64H57N3/c1-3-5-14-45-23-29-52(30-24-45)65(53-31-27-49(28-32-53)64-41-46-35-47(42-64)40-63(39-46,43-64)48-25-21-44(4-2)22-26-48)54-33-34-60-56(36-54)58-38-61-57(37-62(58)67(60)51-17-10-7-11-18-51)55-19-12-13-20-59(55)66(61)50-15-8-6-9-16-50/h4,6-13,15-34,36-38,46-47H,2-3,5,14,35,39-43H2,1H3. The summed E-state index contributed by atoms with van der Waals surface area (Å²) in [5.41, 5.74) is 16.9. The Morgan fingerprint density at radius 2 is 1.00 bits per heavy atom. The summed E-state index contributed by atoms with van der Waals surface area (Å²) in [6, 6.07) is 71.3. The van der Waals surface area contributed by atoms with E-state index in [1.165, 1.54) is 129 Å². The number of hydrogen-bond donors (Lipinski definition) is 0. The van der Waals surface area contributed by atoms with E-state index in [0.29, 0.717) is 0 Å². The molecule has 0 radical (unpaired) electrons. The van der Waals surface area contributed by atoms with E-state index >= 15 is 0 Å². The van der Waals surface area contributed by atoms with Crippen LogP contribution in [0.15, 0.2) is 195 Å². The van der Waals surface area contributed by atoms with Crippen LogP contribution in [0.1, 0.15) is 80.5 Å². The van der Waals surface area contributed by atoms with Crippen molar-refractivity contribution >= 4 is 66.7 Å². The Labute approximate surface area is 394 Å². The van der Waals surface area contributed by atoms with Gasteiger partial charge in [0.05, 0.1) is 22.1 Å². The number of nitrogens with zero attached hydrogens (tertiary/aromatic N) is 3. The first kappa shape index (κ1) is 40.2. The topological polar surface area (TPSA) is 13.1 Å². The molecule has 4 bridgehead atoms. The third-order valence-electron chi connectivity index (χ3n) is 16.4. The van der Waals surface area contributed by atoms with Gasteiger partial charge in [0.2, 0.25) is 0 Å². The molecule has 0 amide bonds. The Kier molecular flexibility index (Phi) is 9.46. The van der Waals surface area contributed by atoms with Crippen LogP contribution in [0.5, 0.6) is 0 Å². The van der Waals surface area contributed by atoms with Crippen LogP contribution in [0.3, 0.4) is 0 Å². The molecule has 0 N–H and O–H groups in total. The van der Waals surface area contributed by atoms with Crippen molar-refractivity contribution in [2.24, 2.45) is 11.8 Å². The molecule has 14 rings (SSSR count). The van der Waals surface area contributed by atoms with E-state index in [-0.39, 0.29) is 10.8 Å². The Morgan fingerprint density at radius 1 is 0.507 bits per heavy atom. The summed E-state index contributed by atoms with van der Waals surface area (Å²) in [5, 5.41) is 5.00. The molecule has 2 aromatic heterocycles. The van der Waals surface area contributed by atoms with Gasteiger partial charge in [-0.25, -0.2) is 0 Å². The van der Waals surface area contributed by atoms with Gasteiger partial charge in [0.25, 0.3) is 0 Å². The van der Waals surface area contributed by atoms with Crippen LogP contribution < -0.4 is 4.90 Å². The molecule has 2 atom stereocenters. The summed E-state index contributed by atoms with van der Waals surface area (Å²) in [6.07, 6.45) is 13.4. The monoisotopic (exact) mass is 867 g/mol. The molecule has 8 aromatic carbocycles. The first-order valence-electron chi connectivity index (χ1n) is 24.8. The van der Waals surface area contributed by atoms with E-state index in [1.807, 2.05) is 6.08 Å². The molecule has 0 saturated heterocycles. The van der Waals surface area contributed by atoms with Crippen LogP contribution >= 0.6 is 0 Å². The van der Waals surface area contributed by atoms with Gasteiger partial charge in [-0.3, -0.25) is 0 Å². The summed E-state index contributed by atoms with van der Waals surface area (Å²) in [5.74, 6) is 1.59. The molecule has 0 spiro atoms. The molecule has 3 heteroatoms.